The molecule has 0 amide bonds. The highest BCUT2D eigenvalue weighted by Gasteiger charge is 2.53. The molecule has 1 aliphatic rings. The van der Waals surface area contributed by atoms with Crippen LogP contribution in [0.5, 0.6) is 0 Å². The third-order valence-electron chi connectivity index (χ3n) is 4.31. The number of rotatable bonds is 3. The SMILES string of the molecule is Cc1[nH]c2ccc(C(C)C)cc2c1C1(C(=O)O)CC1. The van der Waals surface area contributed by atoms with Crippen molar-refractivity contribution in [2.24, 2.45) is 0 Å². The quantitative estimate of drug-likeness (QED) is 0.880. The van der Waals surface area contributed by atoms with E-state index in [2.05, 4.69) is 37.0 Å². The molecule has 3 rings (SSSR count). The van der Waals surface area contributed by atoms with E-state index in [4.69, 9.17) is 0 Å². The fraction of sp³-hybridized carbons (Fsp3) is 0.438. The number of carboxylic acids is 1. The fourth-order valence-electron chi connectivity index (χ4n) is 3.02. The molecule has 0 saturated heterocycles. The van der Waals surface area contributed by atoms with Gasteiger partial charge >= 0.3 is 5.97 Å². The number of aromatic amines is 1. The van der Waals surface area contributed by atoms with E-state index in [-0.39, 0.29) is 0 Å². The number of benzene rings is 1. The number of aliphatic carboxylic acids is 1. The minimum atomic E-state index is -0.688. The predicted octanol–water partition coefficient (Wildman–Crippen LogP) is 3.72. The maximum atomic E-state index is 11.6. The Morgan fingerprint density at radius 3 is 2.58 bits per heavy atom. The number of H-pyrrole nitrogens is 1. The van der Waals surface area contributed by atoms with Crippen molar-refractivity contribution in [2.45, 2.75) is 44.9 Å². The van der Waals surface area contributed by atoms with E-state index in [9.17, 15) is 9.90 Å². The van der Waals surface area contributed by atoms with Crippen molar-refractivity contribution in [3.05, 3.63) is 35.0 Å². The molecule has 0 radical (unpaired) electrons. The van der Waals surface area contributed by atoms with Gasteiger partial charge in [-0.3, -0.25) is 4.79 Å². The first-order chi connectivity index (χ1) is 8.95. The van der Waals surface area contributed by atoms with Crippen LogP contribution in [0.1, 0.15) is 49.4 Å². The molecule has 0 aliphatic heterocycles. The lowest BCUT2D eigenvalue weighted by molar-refractivity contribution is -0.140. The molecule has 0 bridgehead atoms. The van der Waals surface area contributed by atoms with E-state index in [1.54, 1.807) is 0 Å². The van der Waals surface area contributed by atoms with Crippen LogP contribution in [0.3, 0.4) is 0 Å². The van der Waals surface area contributed by atoms with Crippen LogP contribution in [0.25, 0.3) is 10.9 Å². The number of fused-ring (bicyclic) bond motifs is 1. The molecule has 1 aliphatic carbocycles. The highest BCUT2D eigenvalue weighted by Crippen LogP contribution is 2.52. The van der Waals surface area contributed by atoms with Crippen LogP contribution >= 0.6 is 0 Å². The Kier molecular flexibility index (Phi) is 2.49. The number of aryl methyl sites for hydroxylation is 1. The second kappa shape index (κ2) is 3.86. The number of hydrogen-bond donors (Lipinski definition) is 2. The highest BCUT2D eigenvalue weighted by atomic mass is 16.4. The average Bonchev–Trinajstić information content (AvgIpc) is 3.06. The number of aromatic nitrogens is 1. The Morgan fingerprint density at radius 2 is 2.05 bits per heavy atom. The molecule has 3 heteroatoms. The summed E-state index contributed by atoms with van der Waals surface area (Å²) < 4.78 is 0. The van der Waals surface area contributed by atoms with Crippen LogP contribution in [-0.2, 0) is 10.2 Å². The highest BCUT2D eigenvalue weighted by molar-refractivity contribution is 5.95. The van der Waals surface area contributed by atoms with Gasteiger partial charge in [0.25, 0.3) is 0 Å². The van der Waals surface area contributed by atoms with E-state index in [0.29, 0.717) is 5.92 Å². The van der Waals surface area contributed by atoms with Gasteiger partial charge in [0.1, 0.15) is 0 Å². The van der Waals surface area contributed by atoms with Crippen LogP contribution in [0.4, 0.5) is 0 Å². The summed E-state index contributed by atoms with van der Waals surface area (Å²) in [4.78, 5) is 14.9. The number of carbonyl (C=O) groups is 1. The smallest absolute Gasteiger partial charge is 0.314 e. The number of hydrogen-bond acceptors (Lipinski definition) is 1. The zero-order chi connectivity index (χ0) is 13.8. The average molecular weight is 257 g/mol. The molecule has 1 aromatic heterocycles. The van der Waals surface area contributed by atoms with Gasteiger partial charge in [-0.2, -0.15) is 0 Å². The van der Waals surface area contributed by atoms with E-state index in [0.717, 1.165) is 35.0 Å². The molecular formula is C16H19NO2. The first-order valence-electron chi connectivity index (χ1n) is 6.82. The van der Waals surface area contributed by atoms with Crippen molar-refractivity contribution < 1.29 is 9.90 Å². The number of nitrogens with one attached hydrogen (secondary N) is 1. The van der Waals surface area contributed by atoms with Crippen molar-refractivity contribution in [2.75, 3.05) is 0 Å². The van der Waals surface area contributed by atoms with Gasteiger partial charge in [0, 0.05) is 16.6 Å². The monoisotopic (exact) mass is 257 g/mol. The van der Waals surface area contributed by atoms with Gasteiger partial charge in [-0.05, 0) is 48.9 Å². The van der Waals surface area contributed by atoms with Crippen molar-refractivity contribution >= 4 is 16.9 Å². The molecular weight excluding hydrogens is 238 g/mol. The van der Waals surface area contributed by atoms with E-state index < -0.39 is 11.4 Å². The second-order valence-electron chi connectivity index (χ2n) is 5.97. The van der Waals surface area contributed by atoms with Gasteiger partial charge < -0.3 is 10.1 Å². The van der Waals surface area contributed by atoms with Gasteiger partial charge in [-0.1, -0.05) is 19.9 Å². The van der Waals surface area contributed by atoms with Gasteiger partial charge in [-0.25, -0.2) is 0 Å². The standard InChI is InChI=1S/C16H19NO2/c1-9(2)11-4-5-13-12(8-11)14(10(3)17-13)16(6-7-16)15(18)19/h4-5,8-9,17H,6-7H2,1-3H3,(H,18,19). The lowest BCUT2D eigenvalue weighted by Crippen LogP contribution is -2.20. The van der Waals surface area contributed by atoms with Gasteiger partial charge in [-0.15, -0.1) is 0 Å². The van der Waals surface area contributed by atoms with Crippen LogP contribution in [0, 0.1) is 6.92 Å². The summed E-state index contributed by atoms with van der Waals surface area (Å²) >= 11 is 0. The first-order valence-corrected chi connectivity index (χ1v) is 6.82. The van der Waals surface area contributed by atoms with Crippen molar-refractivity contribution in [3.8, 4) is 0 Å². The topological polar surface area (TPSA) is 53.1 Å². The third-order valence-corrected chi connectivity index (χ3v) is 4.31. The minimum absolute atomic E-state index is 0.451. The maximum absolute atomic E-state index is 11.6. The second-order valence-corrected chi connectivity index (χ2v) is 5.97. The molecule has 2 N–H and O–H groups in total. The Morgan fingerprint density at radius 1 is 1.37 bits per heavy atom. The zero-order valence-corrected chi connectivity index (χ0v) is 11.6. The Bertz CT molecular complexity index is 663. The molecule has 100 valence electrons. The van der Waals surface area contributed by atoms with Crippen LogP contribution in [0.2, 0.25) is 0 Å². The summed E-state index contributed by atoms with van der Waals surface area (Å²) in [6.45, 7) is 6.29. The molecule has 0 unspecified atom stereocenters. The molecule has 1 saturated carbocycles. The normalized spacial score (nSPS) is 17.1. The van der Waals surface area contributed by atoms with Crippen molar-refractivity contribution in [1.29, 1.82) is 0 Å². The Labute approximate surface area is 112 Å². The van der Waals surface area contributed by atoms with Crippen LogP contribution < -0.4 is 0 Å². The molecule has 0 atom stereocenters. The fourth-order valence-corrected chi connectivity index (χ4v) is 3.02. The van der Waals surface area contributed by atoms with Crippen LogP contribution in [-0.4, -0.2) is 16.1 Å². The minimum Gasteiger partial charge on any atom is -0.481 e. The molecule has 1 fully saturated rings. The summed E-state index contributed by atoms with van der Waals surface area (Å²) in [6, 6.07) is 6.34. The summed E-state index contributed by atoms with van der Waals surface area (Å²) in [5.74, 6) is -0.237. The predicted molar refractivity (Wildman–Crippen MR) is 75.7 cm³/mol. The summed E-state index contributed by atoms with van der Waals surface area (Å²) in [5.41, 5.74) is 3.66. The summed E-state index contributed by atoms with van der Waals surface area (Å²) in [7, 11) is 0. The lowest BCUT2D eigenvalue weighted by atomic mass is 9.91. The molecule has 2 aromatic rings. The number of carboxylic acid groups (broad SMARTS) is 1. The molecule has 3 nitrogen and oxygen atoms in total. The van der Waals surface area contributed by atoms with Crippen LogP contribution in [0.15, 0.2) is 18.2 Å². The third kappa shape index (κ3) is 1.68. The van der Waals surface area contributed by atoms with Gasteiger partial charge in [0.15, 0.2) is 0 Å². The van der Waals surface area contributed by atoms with Crippen molar-refractivity contribution in [1.82, 2.24) is 4.98 Å². The molecule has 0 spiro atoms. The largest absolute Gasteiger partial charge is 0.481 e. The maximum Gasteiger partial charge on any atom is 0.314 e. The molecule has 19 heavy (non-hydrogen) atoms. The van der Waals surface area contributed by atoms with E-state index in [1.165, 1.54) is 5.56 Å². The summed E-state index contributed by atoms with van der Waals surface area (Å²) in [6.07, 6.45) is 1.50. The van der Waals surface area contributed by atoms with Crippen molar-refractivity contribution in [3.63, 3.8) is 0 Å². The Hall–Kier alpha value is -1.77. The molecule has 1 heterocycles. The first kappa shape index (κ1) is 12.3. The Balaban J connectivity index is 2.26. The lowest BCUT2D eigenvalue weighted by Gasteiger charge is -2.11. The molecule has 1 aromatic carbocycles. The zero-order valence-electron chi connectivity index (χ0n) is 11.6. The van der Waals surface area contributed by atoms with Gasteiger partial charge in [0.2, 0.25) is 0 Å². The summed E-state index contributed by atoms with van der Waals surface area (Å²) in [5, 5.41) is 10.6. The van der Waals surface area contributed by atoms with E-state index in [1.807, 2.05) is 6.92 Å². The van der Waals surface area contributed by atoms with E-state index >= 15 is 0 Å². The van der Waals surface area contributed by atoms with Gasteiger partial charge in [0.05, 0.1) is 5.41 Å².